The van der Waals surface area contributed by atoms with Crippen molar-refractivity contribution in [2.24, 2.45) is 10.7 Å². The van der Waals surface area contributed by atoms with Gasteiger partial charge in [0.2, 0.25) is 0 Å². The van der Waals surface area contributed by atoms with E-state index in [1.54, 1.807) is 18.2 Å². The van der Waals surface area contributed by atoms with Gasteiger partial charge in [0, 0.05) is 11.1 Å². The van der Waals surface area contributed by atoms with Gasteiger partial charge in [0.25, 0.3) is 5.91 Å². The zero-order chi connectivity index (χ0) is 16.4. The van der Waals surface area contributed by atoms with Gasteiger partial charge >= 0.3 is 5.97 Å². The number of carboxylic acids is 1. The van der Waals surface area contributed by atoms with E-state index in [0.717, 1.165) is 5.56 Å². The van der Waals surface area contributed by atoms with Gasteiger partial charge in [-0.2, -0.15) is 0 Å². The van der Waals surface area contributed by atoms with Crippen LogP contribution in [0.25, 0.3) is 0 Å². The second-order valence-corrected chi connectivity index (χ2v) is 5.19. The lowest BCUT2D eigenvalue weighted by Gasteiger charge is -2.14. The Morgan fingerprint density at radius 3 is 2.61 bits per heavy atom. The molecule has 0 aromatic heterocycles. The number of benzene rings is 2. The minimum Gasteiger partial charge on any atom is -0.481 e. The average molecular weight is 309 g/mol. The quantitative estimate of drug-likeness (QED) is 0.796. The highest BCUT2D eigenvalue weighted by molar-refractivity contribution is 6.20. The Morgan fingerprint density at radius 1 is 1.17 bits per heavy atom. The van der Waals surface area contributed by atoms with Crippen LogP contribution >= 0.6 is 0 Å². The van der Waals surface area contributed by atoms with E-state index in [2.05, 4.69) is 10.3 Å². The zero-order valence-electron chi connectivity index (χ0n) is 12.2. The number of anilines is 1. The largest absolute Gasteiger partial charge is 0.481 e. The number of nitrogens with two attached hydrogens (primary N) is 1. The molecule has 1 atom stereocenters. The van der Waals surface area contributed by atoms with Gasteiger partial charge in [0.15, 0.2) is 6.17 Å². The summed E-state index contributed by atoms with van der Waals surface area (Å²) in [4.78, 5) is 27.5. The molecule has 6 nitrogen and oxygen atoms in total. The number of fused-ring (bicyclic) bond motifs is 1. The fraction of sp³-hybridized carbons (Fsp3) is 0.118. The second-order valence-electron chi connectivity index (χ2n) is 5.19. The Bertz CT molecular complexity index is 800. The molecule has 116 valence electrons. The first kappa shape index (κ1) is 14.9. The summed E-state index contributed by atoms with van der Waals surface area (Å²) in [5, 5.41) is 11.9. The first-order valence-electron chi connectivity index (χ1n) is 7.10. The molecule has 1 aliphatic heterocycles. The predicted molar refractivity (Wildman–Crippen MR) is 86.5 cm³/mol. The molecule has 23 heavy (non-hydrogen) atoms. The maximum absolute atomic E-state index is 12.0. The van der Waals surface area contributed by atoms with Crippen LogP contribution in [0.2, 0.25) is 0 Å². The van der Waals surface area contributed by atoms with Crippen molar-refractivity contribution in [3.05, 3.63) is 65.2 Å². The number of nitrogens with zero attached hydrogens (tertiary/aromatic N) is 1. The van der Waals surface area contributed by atoms with Crippen molar-refractivity contribution < 1.29 is 14.7 Å². The molecule has 6 heteroatoms. The third-order valence-corrected chi connectivity index (χ3v) is 3.57. The Morgan fingerprint density at radius 2 is 1.91 bits per heavy atom. The van der Waals surface area contributed by atoms with E-state index in [1.807, 2.05) is 30.3 Å². The minimum atomic E-state index is -1.05. The molecule has 2 aromatic rings. The molecule has 1 heterocycles. The molecule has 0 spiro atoms. The van der Waals surface area contributed by atoms with Crippen molar-refractivity contribution in [2.75, 3.05) is 5.32 Å². The Labute approximate surface area is 132 Å². The van der Waals surface area contributed by atoms with E-state index in [4.69, 9.17) is 10.8 Å². The maximum atomic E-state index is 12.0. The van der Waals surface area contributed by atoms with Crippen LogP contribution in [0.5, 0.6) is 0 Å². The number of aliphatic imine (C=N–C) groups is 1. The SMILES string of the molecule is NC1N=C(c2ccccc2)c2c(CC(=O)O)cccc2NC1=O. The van der Waals surface area contributed by atoms with Crippen molar-refractivity contribution in [2.45, 2.75) is 12.6 Å². The van der Waals surface area contributed by atoms with Gasteiger partial charge in [-0.15, -0.1) is 0 Å². The number of aliphatic carboxylic acids is 1. The topological polar surface area (TPSA) is 105 Å². The molecule has 1 aliphatic rings. The summed E-state index contributed by atoms with van der Waals surface area (Å²) in [5.74, 6) is -1.38. The average Bonchev–Trinajstić information content (AvgIpc) is 2.65. The van der Waals surface area contributed by atoms with Crippen LogP contribution < -0.4 is 11.1 Å². The summed E-state index contributed by atoms with van der Waals surface area (Å²) in [6.45, 7) is 0. The van der Waals surface area contributed by atoms with Crippen LogP contribution in [-0.2, 0) is 16.0 Å². The van der Waals surface area contributed by atoms with Gasteiger partial charge in [-0.1, -0.05) is 42.5 Å². The van der Waals surface area contributed by atoms with E-state index < -0.39 is 18.0 Å². The fourth-order valence-electron chi connectivity index (χ4n) is 2.58. The Hall–Kier alpha value is -2.99. The Kier molecular flexibility index (Phi) is 3.91. The second kappa shape index (κ2) is 6.02. The van der Waals surface area contributed by atoms with E-state index >= 15 is 0 Å². The summed E-state index contributed by atoms with van der Waals surface area (Å²) in [6, 6.07) is 14.4. The van der Waals surface area contributed by atoms with Crippen molar-refractivity contribution in [1.82, 2.24) is 0 Å². The summed E-state index contributed by atoms with van der Waals surface area (Å²) >= 11 is 0. The zero-order valence-corrected chi connectivity index (χ0v) is 12.2. The number of carboxylic acid groups (broad SMARTS) is 1. The molecular weight excluding hydrogens is 294 g/mol. The van der Waals surface area contributed by atoms with Gasteiger partial charge in [-0.05, 0) is 11.6 Å². The molecule has 0 aliphatic carbocycles. The molecule has 1 unspecified atom stereocenters. The van der Waals surface area contributed by atoms with Crippen LogP contribution in [0.15, 0.2) is 53.5 Å². The van der Waals surface area contributed by atoms with Crippen LogP contribution in [0.1, 0.15) is 16.7 Å². The van der Waals surface area contributed by atoms with Gasteiger partial charge in [0.1, 0.15) is 0 Å². The minimum absolute atomic E-state index is 0.167. The molecule has 0 saturated carbocycles. The Balaban J connectivity index is 2.25. The number of carbonyl (C=O) groups excluding carboxylic acids is 1. The first-order valence-corrected chi connectivity index (χ1v) is 7.10. The maximum Gasteiger partial charge on any atom is 0.307 e. The standard InChI is InChI=1S/C17H15N3O3/c18-16-17(23)19-12-8-4-7-11(9-13(21)22)14(12)15(20-16)10-5-2-1-3-6-10/h1-8,16H,9,18H2,(H,19,23)(H,21,22). The van der Waals surface area contributed by atoms with E-state index in [9.17, 15) is 9.59 Å². The molecule has 0 saturated heterocycles. The summed E-state index contributed by atoms with van der Waals surface area (Å²) in [7, 11) is 0. The normalized spacial score (nSPS) is 16.8. The molecular formula is C17H15N3O3. The number of carbonyl (C=O) groups is 2. The third-order valence-electron chi connectivity index (χ3n) is 3.57. The highest BCUT2D eigenvalue weighted by Crippen LogP contribution is 2.27. The van der Waals surface area contributed by atoms with Gasteiger partial charge in [-0.25, -0.2) is 0 Å². The molecule has 0 radical (unpaired) electrons. The highest BCUT2D eigenvalue weighted by atomic mass is 16.4. The van der Waals surface area contributed by atoms with Crippen molar-refractivity contribution in [1.29, 1.82) is 0 Å². The molecule has 1 amide bonds. The number of hydrogen-bond acceptors (Lipinski definition) is 4. The predicted octanol–water partition coefficient (Wildman–Crippen LogP) is 1.39. The number of benzodiazepines with no additional fused rings is 1. The molecule has 0 bridgehead atoms. The number of nitrogens with one attached hydrogen (secondary N) is 1. The molecule has 3 rings (SSSR count). The monoisotopic (exact) mass is 309 g/mol. The van der Waals surface area contributed by atoms with E-state index in [1.165, 1.54) is 0 Å². The molecule has 0 fully saturated rings. The first-order chi connectivity index (χ1) is 11.1. The highest BCUT2D eigenvalue weighted by Gasteiger charge is 2.25. The lowest BCUT2D eigenvalue weighted by atomic mass is 9.94. The van der Waals surface area contributed by atoms with Crippen LogP contribution in [-0.4, -0.2) is 28.9 Å². The van der Waals surface area contributed by atoms with E-state index in [0.29, 0.717) is 22.5 Å². The van der Waals surface area contributed by atoms with E-state index in [-0.39, 0.29) is 6.42 Å². The van der Waals surface area contributed by atoms with Crippen LogP contribution in [0.3, 0.4) is 0 Å². The molecule has 4 N–H and O–H groups in total. The van der Waals surface area contributed by atoms with Crippen LogP contribution in [0, 0.1) is 0 Å². The van der Waals surface area contributed by atoms with Gasteiger partial charge in [0.05, 0.1) is 17.8 Å². The fourth-order valence-corrected chi connectivity index (χ4v) is 2.58. The van der Waals surface area contributed by atoms with Gasteiger partial charge in [-0.3, -0.25) is 14.6 Å². The number of hydrogen-bond donors (Lipinski definition) is 3. The van der Waals surface area contributed by atoms with Crippen LogP contribution in [0.4, 0.5) is 5.69 Å². The lowest BCUT2D eigenvalue weighted by molar-refractivity contribution is -0.136. The number of amides is 1. The summed E-state index contributed by atoms with van der Waals surface area (Å²) < 4.78 is 0. The smallest absolute Gasteiger partial charge is 0.307 e. The molecule has 2 aromatic carbocycles. The van der Waals surface area contributed by atoms with Crippen molar-refractivity contribution in [3.8, 4) is 0 Å². The number of rotatable bonds is 3. The van der Waals surface area contributed by atoms with Gasteiger partial charge < -0.3 is 16.2 Å². The third kappa shape index (κ3) is 2.97. The lowest BCUT2D eigenvalue weighted by Crippen LogP contribution is -2.33. The summed E-state index contributed by atoms with van der Waals surface area (Å²) in [6.07, 6.45) is -1.21. The summed E-state index contributed by atoms with van der Waals surface area (Å²) in [5.41, 5.74) is 8.81. The van der Waals surface area contributed by atoms with Crippen molar-refractivity contribution in [3.63, 3.8) is 0 Å². The van der Waals surface area contributed by atoms with Crippen molar-refractivity contribution >= 4 is 23.3 Å².